The summed E-state index contributed by atoms with van der Waals surface area (Å²) in [5.41, 5.74) is 0.949. The van der Waals surface area contributed by atoms with Gasteiger partial charge in [0.05, 0.1) is 5.69 Å². The summed E-state index contributed by atoms with van der Waals surface area (Å²) in [7, 11) is 2.15. The first-order valence-electron chi connectivity index (χ1n) is 5.84. The lowest BCUT2D eigenvalue weighted by molar-refractivity contribution is 0.273. The van der Waals surface area contributed by atoms with Crippen molar-refractivity contribution in [2.24, 2.45) is 0 Å². The Morgan fingerprint density at radius 2 is 2.06 bits per heavy atom. The van der Waals surface area contributed by atoms with Crippen molar-refractivity contribution in [1.29, 1.82) is 0 Å². The van der Waals surface area contributed by atoms with Crippen molar-refractivity contribution in [3.05, 3.63) is 17.8 Å². The molecule has 0 saturated heterocycles. The molecule has 0 bridgehead atoms. The number of nitrogens with one attached hydrogen (secondary N) is 1. The third-order valence-electron chi connectivity index (χ3n) is 2.67. The van der Waals surface area contributed by atoms with E-state index in [1.165, 1.54) is 0 Å². The molecule has 0 amide bonds. The van der Waals surface area contributed by atoms with Crippen molar-refractivity contribution in [3.8, 4) is 0 Å². The second kappa shape index (κ2) is 6.43. The normalized spacial score (nSPS) is 11.1. The van der Waals surface area contributed by atoms with E-state index in [9.17, 15) is 0 Å². The predicted octanol–water partition coefficient (Wildman–Crippen LogP) is 1.93. The highest BCUT2D eigenvalue weighted by molar-refractivity contribution is 5.32. The number of hydrogen-bond acceptors (Lipinski definition) is 4. The fraction of sp³-hybridized carbons (Fsp3) is 0.667. The lowest BCUT2D eigenvalue weighted by atomic mass is 10.3. The van der Waals surface area contributed by atoms with Gasteiger partial charge in [0.1, 0.15) is 5.82 Å². The summed E-state index contributed by atoms with van der Waals surface area (Å²) in [6, 6.07) is 4.54. The van der Waals surface area contributed by atoms with Crippen LogP contribution in [0.4, 0.5) is 5.82 Å². The molecular formula is C12H22N4. The number of rotatable bonds is 6. The van der Waals surface area contributed by atoms with Crippen molar-refractivity contribution in [2.75, 3.05) is 25.5 Å². The van der Waals surface area contributed by atoms with Crippen LogP contribution in [-0.2, 0) is 0 Å². The Bertz CT molecular complexity index is 294. The van der Waals surface area contributed by atoms with Crippen LogP contribution in [0.3, 0.4) is 0 Å². The average Bonchev–Trinajstić information content (AvgIpc) is 2.26. The quantitative estimate of drug-likeness (QED) is 0.747. The molecule has 4 heteroatoms. The largest absolute Gasteiger partial charge is 0.369 e. The van der Waals surface area contributed by atoms with Crippen LogP contribution in [0.2, 0.25) is 0 Å². The van der Waals surface area contributed by atoms with Gasteiger partial charge in [-0.05, 0) is 52.9 Å². The summed E-state index contributed by atoms with van der Waals surface area (Å²) in [5.74, 6) is 0.859. The minimum absolute atomic E-state index is 0.610. The summed E-state index contributed by atoms with van der Waals surface area (Å²) in [5, 5.41) is 11.3. The van der Waals surface area contributed by atoms with Gasteiger partial charge in [-0.2, -0.15) is 5.10 Å². The highest BCUT2D eigenvalue weighted by Crippen LogP contribution is 2.01. The zero-order chi connectivity index (χ0) is 12.0. The predicted molar refractivity (Wildman–Crippen MR) is 67.6 cm³/mol. The van der Waals surface area contributed by atoms with E-state index in [0.29, 0.717) is 6.04 Å². The van der Waals surface area contributed by atoms with Gasteiger partial charge in [-0.3, -0.25) is 0 Å². The minimum atomic E-state index is 0.610. The number of hydrogen-bond donors (Lipinski definition) is 1. The van der Waals surface area contributed by atoms with E-state index < -0.39 is 0 Å². The standard InChI is InChI=1S/C12H22N4/c1-10(2)16(4)9-5-8-13-12-7-6-11(3)14-15-12/h6-7,10H,5,8-9H2,1-4H3,(H,13,15). The lowest BCUT2D eigenvalue weighted by Crippen LogP contribution is -2.28. The molecule has 0 atom stereocenters. The molecule has 1 aromatic rings. The minimum Gasteiger partial charge on any atom is -0.369 e. The molecule has 0 aromatic carbocycles. The Morgan fingerprint density at radius 1 is 1.31 bits per heavy atom. The Labute approximate surface area is 98.1 Å². The molecule has 0 aliphatic heterocycles. The van der Waals surface area contributed by atoms with E-state index in [0.717, 1.165) is 31.0 Å². The topological polar surface area (TPSA) is 41.0 Å². The number of anilines is 1. The zero-order valence-electron chi connectivity index (χ0n) is 10.7. The van der Waals surface area contributed by atoms with Gasteiger partial charge >= 0.3 is 0 Å². The van der Waals surface area contributed by atoms with Crippen molar-refractivity contribution in [1.82, 2.24) is 15.1 Å². The Morgan fingerprint density at radius 3 is 2.62 bits per heavy atom. The highest BCUT2D eigenvalue weighted by Gasteiger charge is 2.01. The second-order valence-corrected chi connectivity index (χ2v) is 4.41. The SMILES string of the molecule is Cc1ccc(NCCCN(C)C(C)C)nn1. The van der Waals surface area contributed by atoms with Crippen LogP contribution < -0.4 is 5.32 Å². The van der Waals surface area contributed by atoms with E-state index in [1.54, 1.807) is 0 Å². The van der Waals surface area contributed by atoms with Crippen LogP contribution in [0.1, 0.15) is 26.0 Å². The number of aryl methyl sites for hydroxylation is 1. The maximum Gasteiger partial charge on any atom is 0.148 e. The monoisotopic (exact) mass is 222 g/mol. The molecule has 1 heterocycles. The molecule has 0 aliphatic rings. The molecule has 0 fully saturated rings. The number of aromatic nitrogens is 2. The highest BCUT2D eigenvalue weighted by atomic mass is 15.2. The summed E-state index contributed by atoms with van der Waals surface area (Å²) >= 11 is 0. The molecule has 0 radical (unpaired) electrons. The molecule has 0 spiro atoms. The van der Waals surface area contributed by atoms with Gasteiger partial charge in [-0.1, -0.05) is 0 Å². The van der Waals surface area contributed by atoms with E-state index in [2.05, 4.69) is 41.3 Å². The van der Waals surface area contributed by atoms with E-state index in [4.69, 9.17) is 0 Å². The van der Waals surface area contributed by atoms with Crippen LogP contribution in [0.5, 0.6) is 0 Å². The van der Waals surface area contributed by atoms with Crippen LogP contribution in [0.15, 0.2) is 12.1 Å². The molecule has 0 aliphatic carbocycles. The van der Waals surface area contributed by atoms with E-state index in [-0.39, 0.29) is 0 Å². The summed E-state index contributed by atoms with van der Waals surface area (Å²) in [4.78, 5) is 2.34. The van der Waals surface area contributed by atoms with E-state index in [1.807, 2.05) is 19.1 Å². The molecule has 1 aromatic heterocycles. The third-order valence-corrected chi connectivity index (χ3v) is 2.67. The molecule has 16 heavy (non-hydrogen) atoms. The van der Waals surface area contributed by atoms with Gasteiger partial charge in [0, 0.05) is 12.6 Å². The summed E-state index contributed by atoms with van der Waals surface area (Å²) < 4.78 is 0. The lowest BCUT2D eigenvalue weighted by Gasteiger charge is -2.20. The third kappa shape index (κ3) is 4.57. The first-order valence-corrected chi connectivity index (χ1v) is 5.84. The van der Waals surface area contributed by atoms with Crippen molar-refractivity contribution < 1.29 is 0 Å². The summed E-state index contributed by atoms with van der Waals surface area (Å²) in [6.07, 6.45) is 1.12. The van der Waals surface area contributed by atoms with Crippen molar-refractivity contribution >= 4 is 5.82 Å². The maximum atomic E-state index is 4.06. The van der Waals surface area contributed by atoms with Gasteiger partial charge in [0.2, 0.25) is 0 Å². The fourth-order valence-electron chi connectivity index (χ4n) is 1.30. The molecule has 0 saturated carbocycles. The van der Waals surface area contributed by atoms with Crippen LogP contribution in [0, 0.1) is 6.92 Å². The molecule has 0 unspecified atom stereocenters. The molecule has 90 valence electrons. The second-order valence-electron chi connectivity index (χ2n) is 4.41. The van der Waals surface area contributed by atoms with Gasteiger partial charge in [-0.25, -0.2) is 0 Å². The van der Waals surface area contributed by atoms with Crippen molar-refractivity contribution in [2.45, 2.75) is 33.2 Å². The Kier molecular flexibility index (Phi) is 5.19. The molecule has 1 rings (SSSR count). The van der Waals surface area contributed by atoms with Gasteiger partial charge in [0.15, 0.2) is 0 Å². The van der Waals surface area contributed by atoms with Crippen molar-refractivity contribution in [3.63, 3.8) is 0 Å². The maximum absolute atomic E-state index is 4.06. The summed E-state index contributed by atoms with van der Waals surface area (Å²) in [6.45, 7) is 8.39. The fourth-order valence-corrected chi connectivity index (χ4v) is 1.30. The van der Waals surface area contributed by atoms with Gasteiger partial charge in [0.25, 0.3) is 0 Å². The smallest absolute Gasteiger partial charge is 0.148 e. The Hall–Kier alpha value is -1.16. The zero-order valence-corrected chi connectivity index (χ0v) is 10.7. The molecule has 1 N–H and O–H groups in total. The van der Waals surface area contributed by atoms with Gasteiger partial charge < -0.3 is 10.2 Å². The average molecular weight is 222 g/mol. The Balaban J connectivity index is 2.18. The van der Waals surface area contributed by atoms with Crippen LogP contribution >= 0.6 is 0 Å². The van der Waals surface area contributed by atoms with Crippen LogP contribution in [0.25, 0.3) is 0 Å². The van der Waals surface area contributed by atoms with E-state index >= 15 is 0 Å². The first kappa shape index (κ1) is 12.9. The number of nitrogens with zero attached hydrogens (tertiary/aromatic N) is 3. The van der Waals surface area contributed by atoms with Gasteiger partial charge in [-0.15, -0.1) is 5.10 Å². The molecular weight excluding hydrogens is 200 g/mol. The first-order chi connectivity index (χ1) is 7.59. The molecule has 4 nitrogen and oxygen atoms in total. The van der Waals surface area contributed by atoms with Crippen LogP contribution in [-0.4, -0.2) is 41.3 Å².